The van der Waals surface area contributed by atoms with E-state index in [0.29, 0.717) is 13.2 Å². The van der Waals surface area contributed by atoms with Crippen molar-refractivity contribution in [3.05, 3.63) is 0 Å². The number of hydrogen-bond donors (Lipinski definition) is 1. The molecule has 104 valence electrons. The second kappa shape index (κ2) is 4.15. The van der Waals surface area contributed by atoms with Crippen molar-refractivity contribution in [2.45, 2.75) is 63.5 Å². The van der Waals surface area contributed by atoms with Crippen LogP contribution in [0.3, 0.4) is 0 Å². The quantitative estimate of drug-likeness (QED) is 0.761. The minimum absolute atomic E-state index is 0.0259. The highest BCUT2D eigenvalue weighted by Crippen LogP contribution is 2.48. The van der Waals surface area contributed by atoms with Gasteiger partial charge in [0.05, 0.1) is 37.4 Å². The van der Waals surface area contributed by atoms with E-state index in [9.17, 15) is 5.11 Å². The molecular weight excluding hydrogens is 236 g/mol. The average molecular weight is 258 g/mol. The number of ether oxygens (including phenoxy) is 4. The van der Waals surface area contributed by atoms with Crippen LogP contribution in [0.2, 0.25) is 0 Å². The fourth-order valence-electron chi connectivity index (χ4n) is 3.60. The Morgan fingerprint density at radius 3 is 2.44 bits per heavy atom. The van der Waals surface area contributed by atoms with Gasteiger partial charge in [0, 0.05) is 6.42 Å². The third-order valence-corrected chi connectivity index (χ3v) is 4.16. The summed E-state index contributed by atoms with van der Waals surface area (Å²) in [6.07, 6.45) is 0.916. The number of aliphatic hydroxyl groups is 1. The summed E-state index contributed by atoms with van der Waals surface area (Å²) in [5.41, 5.74) is 0. The van der Waals surface area contributed by atoms with Gasteiger partial charge in [0.25, 0.3) is 0 Å². The van der Waals surface area contributed by atoms with Crippen molar-refractivity contribution >= 4 is 0 Å². The van der Waals surface area contributed by atoms with Crippen molar-refractivity contribution < 1.29 is 24.1 Å². The molecule has 5 heteroatoms. The van der Waals surface area contributed by atoms with E-state index >= 15 is 0 Å². The highest BCUT2D eigenvalue weighted by atomic mass is 16.8. The summed E-state index contributed by atoms with van der Waals surface area (Å²) in [6, 6.07) is 0. The average Bonchev–Trinajstić information content (AvgIpc) is 2.81. The first-order valence-electron chi connectivity index (χ1n) is 6.75. The second-order valence-corrected chi connectivity index (χ2v) is 5.95. The predicted octanol–water partition coefficient (Wildman–Crippen LogP) is 1.04. The monoisotopic (exact) mass is 258 g/mol. The molecule has 1 aliphatic carbocycles. The molecule has 0 radical (unpaired) electrons. The predicted molar refractivity (Wildman–Crippen MR) is 62.9 cm³/mol. The summed E-state index contributed by atoms with van der Waals surface area (Å²) in [4.78, 5) is 0. The second-order valence-electron chi connectivity index (χ2n) is 5.95. The van der Waals surface area contributed by atoms with E-state index in [0.717, 1.165) is 12.8 Å². The lowest BCUT2D eigenvalue weighted by Gasteiger charge is -2.45. The molecule has 0 bridgehead atoms. The van der Waals surface area contributed by atoms with Crippen molar-refractivity contribution in [2.75, 3.05) is 13.2 Å². The molecule has 2 aliphatic heterocycles. The summed E-state index contributed by atoms with van der Waals surface area (Å²) < 4.78 is 23.5. The van der Waals surface area contributed by atoms with Gasteiger partial charge in [-0.3, -0.25) is 0 Å². The van der Waals surface area contributed by atoms with Crippen LogP contribution in [-0.4, -0.2) is 48.2 Å². The van der Waals surface area contributed by atoms with Crippen LogP contribution >= 0.6 is 0 Å². The van der Waals surface area contributed by atoms with Crippen molar-refractivity contribution in [1.29, 1.82) is 0 Å². The van der Waals surface area contributed by atoms with E-state index in [1.54, 1.807) is 6.92 Å². The first kappa shape index (κ1) is 12.8. The Morgan fingerprint density at radius 1 is 1.17 bits per heavy atom. The number of aliphatic hydroxyl groups excluding tert-OH is 1. The van der Waals surface area contributed by atoms with Crippen molar-refractivity contribution in [3.63, 3.8) is 0 Å². The maximum Gasteiger partial charge on any atom is 0.176 e. The maximum absolute atomic E-state index is 10.1. The Morgan fingerprint density at radius 2 is 1.83 bits per heavy atom. The molecule has 2 heterocycles. The molecule has 3 rings (SSSR count). The van der Waals surface area contributed by atoms with Crippen LogP contribution in [0.15, 0.2) is 0 Å². The molecular formula is C13H22O5. The molecule has 2 saturated heterocycles. The zero-order chi connectivity index (χ0) is 13.0. The van der Waals surface area contributed by atoms with Crippen LogP contribution in [0.4, 0.5) is 0 Å². The van der Waals surface area contributed by atoms with Crippen LogP contribution in [0, 0.1) is 5.92 Å². The lowest BCUT2D eigenvalue weighted by molar-refractivity contribution is -0.261. The molecule has 1 spiro atoms. The van der Waals surface area contributed by atoms with Gasteiger partial charge in [0.1, 0.15) is 0 Å². The van der Waals surface area contributed by atoms with Gasteiger partial charge in [0.15, 0.2) is 11.6 Å². The van der Waals surface area contributed by atoms with Gasteiger partial charge in [-0.2, -0.15) is 0 Å². The van der Waals surface area contributed by atoms with Gasteiger partial charge in [-0.05, 0) is 27.2 Å². The van der Waals surface area contributed by atoms with Crippen molar-refractivity contribution in [1.82, 2.24) is 0 Å². The van der Waals surface area contributed by atoms with E-state index < -0.39 is 17.7 Å². The smallest absolute Gasteiger partial charge is 0.176 e. The summed E-state index contributed by atoms with van der Waals surface area (Å²) in [5, 5.41) is 10.1. The molecule has 0 amide bonds. The molecule has 0 aromatic carbocycles. The van der Waals surface area contributed by atoms with Gasteiger partial charge in [-0.25, -0.2) is 0 Å². The summed E-state index contributed by atoms with van der Waals surface area (Å²) >= 11 is 0. The Balaban J connectivity index is 1.89. The molecule has 1 saturated carbocycles. The van der Waals surface area contributed by atoms with Crippen molar-refractivity contribution in [3.8, 4) is 0 Å². The Labute approximate surface area is 107 Å². The summed E-state index contributed by atoms with van der Waals surface area (Å²) in [5.74, 6) is -1.47. The summed E-state index contributed by atoms with van der Waals surface area (Å²) in [6.45, 7) is 6.77. The van der Waals surface area contributed by atoms with Gasteiger partial charge < -0.3 is 24.1 Å². The van der Waals surface area contributed by atoms with E-state index in [1.807, 2.05) is 13.8 Å². The van der Waals surface area contributed by atoms with Crippen LogP contribution in [0.5, 0.6) is 0 Å². The molecule has 5 nitrogen and oxygen atoms in total. The Bertz CT molecular complexity index is 321. The molecule has 1 N–H and O–H groups in total. The summed E-state index contributed by atoms with van der Waals surface area (Å²) in [7, 11) is 0. The zero-order valence-electron chi connectivity index (χ0n) is 11.2. The van der Waals surface area contributed by atoms with Gasteiger partial charge in [0.2, 0.25) is 0 Å². The van der Waals surface area contributed by atoms with Crippen LogP contribution in [-0.2, 0) is 18.9 Å². The SMILES string of the molecule is C[C@H](O)[C@H]1[C@@H]2OC(C)(C)O[C@@H]2CCC12OCCO2. The Kier molecular flexibility index (Phi) is 2.95. The maximum atomic E-state index is 10.1. The van der Waals surface area contributed by atoms with E-state index in [4.69, 9.17) is 18.9 Å². The fourth-order valence-corrected chi connectivity index (χ4v) is 3.60. The minimum atomic E-state index is -0.681. The molecule has 0 aromatic heterocycles. The third kappa shape index (κ3) is 1.89. The van der Waals surface area contributed by atoms with Crippen LogP contribution in [0.1, 0.15) is 33.6 Å². The Hall–Kier alpha value is -0.200. The number of hydrogen-bond acceptors (Lipinski definition) is 5. The standard InChI is InChI=1S/C13H22O5/c1-8(14)10-11-9(17-12(2,3)18-11)4-5-13(10)15-6-7-16-13/h8-11,14H,4-7H2,1-3H3/t8-,9+,10-,11+/m0/s1. The molecule has 3 fully saturated rings. The largest absolute Gasteiger partial charge is 0.393 e. The number of fused-ring (bicyclic) bond motifs is 1. The van der Waals surface area contributed by atoms with Gasteiger partial charge >= 0.3 is 0 Å². The molecule has 0 unspecified atom stereocenters. The van der Waals surface area contributed by atoms with Crippen molar-refractivity contribution in [2.24, 2.45) is 5.92 Å². The lowest BCUT2D eigenvalue weighted by atomic mass is 9.76. The van der Waals surface area contributed by atoms with Gasteiger partial charge in [-0.1, -0.05) is 0 Å². The molecule has 4 atom stereocenters. The number of rotatable bonds is 1. The first-order chi connectivity index (χ1) is 8.44. The van der Waals surface area contributed by atoms with Crippen LogP contribution in [0.25, 0.3) is 0 Å². The van der Waals surface area contributed by atoms with Crippen LogP contribution < -0.4 is 0 Å². The molecule has 0 aromatic rings. The topological polar surface area (TPSA) is 57.2 Å². The highest BCUT2D eigenvalue weighted by Gasteiger charge is 2.60. The fraction of sp³-hybridized carbons (Fsp3) is 1.00. The normalized spacial score (nSPS) is 43.0. The first-order valence-corrected chi connectivity index (χ1v) is 6.75. The molecule has 18 heavy (non-hydrogen) atoms. The van der Waals surface area contributed by atoms with E-state index in [-0.39, 0.29) is 18.1 Å². The molecule has 3 aliphatic rings. The van der Waals surface area contributed by atoms with E-state index in [2.05, 4.69) is 0 Å². The van der Waals surface area contributed by atoms with Gasteiger partial charge in [-0.15, -0.1) is 0 Å². The highest BCUT2D eigenvalue weighted by molar-refractivity contribution is 5.02. The van der Waals surface area contributed by atoms with E-state index in [1.165, 1.54) is 0 Å². The zero-order valence-corrected chi connectivity index (χ0v) is 11.2. The minimum Gasteiger partial charge on any atom is -0.393 e. The third-order valence-electron chi connectivity index (χ3n) is 4.16. The lowest BCUT2D eigenvalue weighted by Crippen LogP contribution is -2.57.